The van der Waals surface area contributed by atoms with Gasteiger partial charge in [-0.25, -0.2) is 14.2 Å². The van der Waals surface area contributed by atoms with Crippen LogP contribution in [0.5, 0.6) is 0 Å². The molecular formula is C8H6F4N2O2. The Labute approximate surface area is 87.2 Å². The van der Waals surface area contributed by atoms with Crippen LogP contribution in [0.3, 0.4) is 0 Å². The van der Waals surface area contributed by atoms with Gasteiger partial charge >= 0.3 is 12.3 Å². The summed E-state index contributed by atoms with van der Waals surface area (Å²) < 4.78 is 51.3. The second-order valence-electron chi connectivity index (χ2n) is 2.68. The van der Waals surface area contributed by atoms with Crippen LogP contribution >= 0.6 is 0 Å². The van der Waals surface area contributed by atoms with Crippen molar-refractivity contribution in [2.45, 2.75) is 6.18 Å². The Bertz CT molecular complexity index is 381. The zero-order chi connectivity index (χ0) is 12.2. The van der Waals surface area contributed by atoms with Gasteiger partial charge in [0.05, 0.1) is 0 Å². The Hall–Kier alpha value is -1.86. The van der Waals surface area contributed by atoms with Crippen LogP contribution in [0.25, 0.3) is 0 Å². The van der Waals surface area contributed by atoms with Gasteiger partial charge in [0.25, 0.3) is 0 Å². The zero-order valence-corrected chi connectivity index (χ0v) is 7.71. The lowest BCUT2D eigenvalue weighted by Crippen LogP contribution is -2.23. The minimum absolute atomic E-state index is 0.229. The topological polar surface area (TPSA) is 51.2 Å². The number of anilines is 1. The summed E-state index contributed by atoms with van der Waals surface area (Å²) in [7, 11) is 0. The average molecular weight is 238 g/mol. The summed E-state index contributed by atoms with van der Waals surface area (Å²) in [5.74, 6) is -0.909. The van der Waals surface area contributed by atoms with E-state index in [0.29, 0.717) is 0 Å². The van der Waals surface area contributed by atoms with Crippen LogP contribution in [-0.2, 0) is 4.74 Å². The van der Waals surface area contributed by atoms with Gasteiger partial charge in [0, 0.05) is 12.3 Å². The number of halogens is 4. The smallest absolute Gasteiger partial charge is 0.422 e. The van der Waals surface area contributed by atoms with Crippen molar-refractivity contribution in [1.82, 2.24) is 4.98 Å². The maximum atomic E-state index is 12.6. The Kier molecular flexibility index (Phi) is 3.64. The van der Waals surface area contributed by atoms with Crippen molar-refractivity contribution in [2.75, 3.05) is 11.9 Å². The van der Waals surface area contributed by atoms with Gasteiger partial charge in [-0.2, -0.15) is 13.2 Å². The molecule has 1 aromatic heterocycles. The number of ether oxygens (including phenoxy) is 1. The molecule has 0 saturated heterocycles. The molecular weight excluding hydrogens is 232 g/mol. The molecule has 0 bridgehead atoms. The Morgan fingerprint density at radius 2 is 2.19 bits per heavy atom. The molecule has 0 radical (unpaired) electrons. The monoisotopic (exact) mass is 238 g/mol. The maximum absolute atomic E-state index is 12.6. The molecule has 0 aliphatic heterocycles. The average Bonchev–Trinajstić information content (AvgIpc) is 2.14. The molecule has 0 spiro atoms. The Morgan fingerprint density at radius 1 is 1.50 bits per heavy atom. The SMILES string of the molecule is O=C(Nc1cc(F)ccn1)OCC(F)(F)F. The van der Waals surface area contributed by atoms with Crippen molar-refractivity contribution in [2.24, 2.45) is 0 Å². The molecule has 88 valence electrons. The summed E-state index contributed by atoms with van der Waals surface area (Å²) in [6.45, 7) is -1.71. The van der Waals surface area contributed by atoms with E-state index in [0.717, 1.165) is 18.3 Å². The summed E-state index contributed by atoms with van der Waals surface area (Å²) in [6, 6.07) is 1.86. The van der Waals surface area contributed by atoms with E-state index >= 15 is 0 Å². The number of nitrogens with one attached hydrogen (secondary N) is 1. The van der Waals surface area contributed by atoms with Crippen LogP contribution in [0.1, 0.15) is 0 Å². The third-order valence-corrected chi connectivity index (χ3v) is 1.32. The van der Waals surface area contributed by atoms with E-state index in [1.165, 1.54) is 0 Å². The van der Waals surface area contributed by atoms with Gasteiger partial charge in [-0.3, -0.25) is 5.32 Å². The number of nitrogens with zero attached hydrogens (tertiary/aromatic N) is 1. The van der Waals surface area contributed by atoms with Crippen molar-refractivity contribution >= 4 is 11.9 Å². The van der Waals surface area contributed by atoms with Crippen LogP contribution in [0, 0.1) is 5.82 Å². The summed E-state index contributed by atoms with van der Waals surface area (Å²) in [6.07, 6.45) is -4.91. The lowest BCUT2D eigenvalue weighted by atomic mass is 10.4. The number of alkyl halides is 3. The maximum Gasteiger partial charge on any atom is 0.422 e. The van der Waals surface area contributed by atoms with Crippen molar-refractivity contribution in [3.8, 4) is 0 Å². The van der Waals surface area contributed by atoms with Crippen LogP contribution in [0.2, 0.25) is 0 Å². The first kappa shape index (κ1) is 12.2. The van der Waals surface area contributed by atoms with E-state index < -0.39 is 24.7 Å². The highest BCUT2D eigenvalue weighted by Gasteiger charge is 2.29. The minimum Gasteiger partial charge on any atom is -0.440 e. The number of hydrogen-bond donors (Lipinski definition) is 1. The number of carbonyl (C=O) groups excluding carboxylic acids is 1. The molecule has 0 aliphatic carbocycles. The first-order valence-electron chi connectivity index (χ1n) is 3.99. The number of rotatable bonds is 2. The molecule has 0 aromatic carbocycles. The molecule has 0 saturated carbocycles. The molecule has 8 heteroatoms. The van der Waals surface area contributed by atoms with E-state index in [1.54, 1.807) is 0 Å². The fourth-order valence-electron chi connectivity index (χ4n) is 0.761. The highest BCUT2D eigenvalue weighted by molar-refractivity contribution is 5.83. The summed E-state index contributed by atoms with van der Waals surface area (Å²) >= 11 is 0. The molecule has 1 rings (SSSR count). The van der Waals surface area contributed by atoms with Gasteiger partial charge in [0.1, 0.15) is 11.6 Å². The second-order valence-corrected chi connectivity index (χ2v) is 2.68. The van der Waals surface area contributed by atoms with Gasteiger partial charge in [0.2, 0.25) is 0 Å². The van der Waals surface area contributed by atoms with Gasteiger partial charge in [0.15, 0.2) is 6.61 Å². The fraction of sp³-hybridized carbons (Fsp3) is 0.250. The van der Waals surface area contributed by atoms with Crippen LogP contribution < -0.4 is 5.32 Å². The van der Waals surface area contributed by atoms with Crippen molar-refractivity contribution in [1.29, 1.82) is 0 Å². The van der Waals surface area contributed by atoms with E-state index in [2.05, 4.69) is 9.72 Å². The molecule has 0 unspecified atom stereocenters. The summed E-state index contributed by atoms with van der Waals surface area (Å²) in [5, 5.41) is 1.84. The minimum atomic E-state index is -4.60. The zero-order valence-electron chi connectivity index (χ0n) is 7.71. The van der Waals surface area contributed by atoms with E-state index in [4.69, 9.17) is 0 Å². The summed E-state index contributed by atoms with van der Waals surface area (Å²) in [5.41, 5.74) is 0. The van der Waals surface area contributed by atoms with E-state index in [1.807, 2.05) is 5.32 Å². The fourth-order valence-corrected chi connectivity index (χ4v) is 0.761. The predicted octanol–water partition coefficient (Wildman–Crippen LogP) is 2.33. The molecule has 0 atom stereocenters. The highest BCUT2D eigenvalue weighted by Crippen LogP contribution is 2.15. The molecule has 1 heterocycles. The molecule has 1 N–H and O–H groups in total. The summed E-state index contributed by atoms with van der Waals surface area (Å²) in [4.78, 5) is 14.3. The standard InChI is InChI=1S/C8H6F4N2O2/c9-5-1-2-13-6(3-5)14-7(15)16-4-8(10,11)12/h1-3H,4H2,(H,13,14,15). The molecule has 0 fully saturated rings. The predicted molar refractivity (Wildman–Crippen MR) is 45.2 cm³/mol. The number of hydrogen-bond acceptors (Lipinski definition) is 3. The lowest BCUT2D eigenvalue weighted by molar-refractivity contribution is -0.159. The third kappa shape index (κ3) is 4.58. The number of pyridine rings is 1. The Balaban J connectivity index is 2.46. The van der Waals surface area contributed by atoms with Gasteiger partial charge < -0.3 is 4.74 Å². The van der Waals surface area contributed by atoms with Crippen molar-refractivity contribution < 1.29 is 27.1 Å². The molecule has 1 aromatic rings. The first-order valence-corrected chi connectivity index (χ1v) is 3.99. The Morgan fingerprint density at radius 3 is 2.75 bits per heavy atom. The van der Waals surface area contributed by atoms with Gasteiger partial charge in [-0.05, 0) is 6.07 Å². The number of amides is 1. The van der Waals surface area contributed by atoms with Crippen molar-refractivity contribution in [3.05, 3.63) is 24.1 Å². The van der Waals surface area contributed by atoms with Gasteiger partial charge in [-0.15, -0.1) is 0 Å². The quantitative estimate of drug-likeness (QED) is 0.804. The highest BCUT2D eigenvalue weighted by atomic mass is 19.4. The largest absolute Gasteiger partial charge is 0.440 e. The lowest BCUT2D eigenvalue weighted by Gasteiger charge is -2.08. The van der Waals surface area contributed by atoms with E-state index in [-0.39, 0.29) is 5.82 Å². The molecule has 0 aliphatic rings. The van der Waals surface area contributed by atoms with Crippen LogP contribution in [-0.4, -0.2) is 23.9 Å². The van der Waals surface area contributed by atoms with Crippen molar-refractivity contribution in [3.63, 3.8) is 0 Å². The molecule has 4 nitrogen and oxygen atoms in total. The number of carbonyl (C=O) groups is 1. The first-order chi connectivity index (χ1) is 7.37. The molecule has 1 amide bonds. The number of aromatic nitrogens is 1. The van der Waals surface area contributed by atoms with E-state index in [9.17, 15) is 22.4 Å². The molecule has 16 heavy (non-hydrogen) atoms. The normalized spacial score (nSPS) is 11.0. The van der Waals surface area contributed by atoms with Crippen LogP contribution in [0.4, 0.5) is 28.2 Å². The third-order valence-electron chi connectivity index (χ3n) is 1.32. The second kappa shape index (κ2) is 4.77. The van der Waals surface area contributed by atoms with Crippen LogP contribution in [0.15, 0.2) is 18.3 Å². The van der Waals surface area contributed by atoms with Gasteiger partial charge in [-0.1, -0.05) is 0 Å².